The van der Waals surface area contributed by atoms with Gasteiger partial charge >= 0.3 is 5.97 Å². The van der Waals surface area contributed by atoms with Crippen LogP contribution >= 0.6 is 11.8 Å². The zero-order valence-electron chi connectivity index (χ0n) is 17.1. The second kappa shape index (κ2) is 8.72. The Labute approximate surface area is 187 Å². The van der Waals surface area contributed by atoms with Crippen LogP contribution in [0.4, 0.5) is 10.5 Å². The van der Waals surface area contributed by atoms with Gasteiger partial charge in [0.15, 0.2) is 0 Å². The first-order valence-corrected chi connectivity index (χ1v) is 10.5. The number of hydrogen-bond donors (Lipinski definition) is 2. The highest BCUT2D eigenvalue weighted by Gasteiger charge is 2.36. The summed E-state index contributed by atoms with van der Waals surface area (Å²) in [4.78, 5) is 49.8. The van der Waals surface area contributed by atoms with E-state index < -0.39 is 29.6 Å². The van der Waals surface area contributed by atoms with Crippen LogP contribution in [0.25, 0.3) is 17.0 Å². The molecule has 162 valence electrons. The highest BCUT2D eigenvalue weighted by Crippen LogP contribution is 2.34. The lowest BCUT2D eigenvalue weighted by molar-refractivity contribution is -0.137. The van der Waals surface area contributed by atoms with Crippen LogP contribution in [0.2, 0.25) is 0 Å². The minimum atomic E-state index is -0.989. The van der Waals surface area contributed by atoms with E-state index in [0.29, 0.717) is 16.8 Å². The molecule has 3 amide bonds. The molecule has 2 heterocycles. The summed E-state index contributed by atoms with van der Waals surface area (Å²) in [6, 6.07) is 14.4. The molecule has 3 aromatic rings. The Morgan fingerprint density at radius 3 is 2.50 bits per heavy atom. The third kappa shape index (κ3) is 4.42. The van der Waals surface area contributed by atoms with Gasteiger partial charge in [-0.15, -0.1) is 0 Å². The van der Waals surface area contributed by atoms with Crippen molar-refractivity contribution in [1.82, 2.24) is 9.47 Å². The Hall–Kier alpha value is -3.85. The van der Waals surface area contributed by atoms with Gasteiger partial charge in [-0.05, 0) is 43.0 Å². The standard InChI is InChI=1S/C23H19N3O5S/c1-14-6-8-16(9-7-14)24-20(27)12-26-22(30)19(32-23(26)31)10-15-11-25(13-21(28)29)18-5-3-2-4-17(15)18/h2-11H,12-13H2,1H3,(H,24,27)(H,28,29)/b19-10-. The number of carboxylic acids is 1. The third-order valence-corrected chi connectivity index (χ3v) is 5.83. The van der Waals surface area contributed by atoms with Crippen LogP contribution in [0.15, 0.2) is 59.6 Å². The van der Waals surface area contributed by atoms with Crippen molar-refractivity contribution in [2.75, 3.05) is 11.9 Å². The molecule has 9 heteroatoms. The monoisotopic (exact) mass is 449 g/mol. The van der Waals surface area contributed by atoms with E-state index in [2.05, 4.69) is 5.32 Å². The summed E-state index contributed by atoms with van der Waals surface area (Å²) in [6.45, 7) is 1.31. The molecule has 0 aliphatic carbocycles. The van der Waals surface area contributed by atoms with Crippen LogP contribution in [0.1, 0.15) is 11.1 Å². The second-order valence-electron chi connectivity index (χ2n) is 7.31. The minimum Gasteiger partial charge on any atom is -0.480 e. The molecule has 1 aliphatic rings. The smallest absolute Gasteiger partial charge is 0.323 e. The van der Waals surface area contributed by atoms with E-state index >= 15 is 0 Å². The quantitative estimate of drug-likeness (QED) is 0.556. The summed E-state index contributed by atoms with van der Waals surface area (Å²) in [5.74, 6) is -2.03. The number of carbonyl (C=O) groups excluding carboxylic acids is 3. The number of thioether (sulfide) groups is 1. The van der Waals surface area contributed by atoms with Gasteiger partial charge in [0, 0.05) is 28.4 Å². The molecule has 0 atom stereocenters. The van der Waals surface area contributed by atoms with Crippen molar-refractivity contribution in [3.8, 4) is 0 Å². The van der Waals surface area contributed by atoms with Gasteiger partial charge in [0.05, 0.1) is 4.91 Å². The predicted molar refractivity (Wildman–Crippen MR) is 122 cm³/mol. The number of anilines is 1. The molecular formula is C23H19N3O5S. The molecule has 4 rings (SSSR count). The number of fused-ring (bicyclic) bond motifs is 1. The summed E-state index contributed by atoms with van der Waals surface area (Å²) in [5, 5.41) is 12.1. The van der Waals surface area contributed by atoms with E-state index in [1.54, 1.807) is 41.1 Å². The Kier molecular flexibility index (Phi) is 5.83. The highest BCUT2D eigenvalue weighted by molar-refractivity contribution is 8.18. The van der Waals surface area contributed by atoms with Gasteiger partial charge in [-0.2, -0.15) is 0 Å². The lowest BCUT2D eigenvalue weighted by atomic mass is 10.1. The van der Waals surface area contributed by atoms with Crippen LogP contribution in [0.5, 0.6) is 0 Å². The molecule has 1 fully saturated rings. The first-order valence-electron chi connectivity index (χ1n) is 9.73. The number of nitrogens with zero attached hydrogens (tertiary/aromatic N) is 2. The lowest BCUT2D eigenvalue weighted by Gasteiger charge is -2.12. The van der Waals surface area contributed by atoms with Crippen molar-refractivity contribution in [2.24, 2.45) is 0 Å². The van der Waals surface area contributed by atoms with Crippen LogP contribution in [-0.2, 0) is 20.9 Å². The molecule has 1 aliphatic heterocycles. The number of amides is 3. The fraction of sp³-hybridized carbons (Fsp3) is 0.130. The maximum Gasteiger partial charge on any atom is 0.323 e. The van der Waals surface area contributed by atoms with Crippen molar-refractivity contribution >= 4 is 57.5 Å². The fourth-order valence-corrected chi connectivity index (χ4v) is 4.25. The number of para-hydroxylation sites is 1. The molecule has 0 saturated carbocycles. The van der Waals surface area contributed by atoms with Gasteiger partial charge < -0.3 is 15.0 Å². The van der Waals surface area contributed by atoms with Gasteiger partial charge in [0.25, 0.3) is 11.1 Å². The maximum atomic E-state index is 12.8. The van der Waals surface area contributed by atoms with Crippen LogP contribution in [0.3, 0.4) is 0 Å². The van der Waals surface area contributed by atoms with E-state index in [9.17, 15) is 19.2 Å². The second-order valence-corrected chi connectivity index (χ2v) is 8.30. The van der Waals surface area contributed by atoms with E-state index in [1.165, 1.54) is 0 Å². The van der Waals surface area contributed by atoms with Crippen LogP contribution in [0, 0.1) is 6.92 Å². The number of aliphatic carboxylic acids is 1. The van der Waals surface area contributed by atoms with E-state index in [-0.39, 0.29) is 11.4 Å². The SMILES string of the molecule is Cc1ccc(NC(=O)CN2C(=O)S/C(=C\c3cn(CC(=O)O)c4ccccc34)C2=O)cc1. The number of imide groups is 1. The molecular weight excluding hydrogens is 430 g/mol. The normalized spacial score (nSPS) is 15.0. The number of aromatic nitrogens is 1. The first kappa shape index (κ1) is 21.4. The molecule has 0 radical (unpaired) electrons. The maximum absolute atomic E-state index is 12.8. The van der Waals surface area contributed by atoms with Gasteiger partial charge in [-0.1, -0.05) is 35.9 Å². The first-order chi connectivity index (χ1) is 15.3. The van der Waals surface area contributed by atoms with E-state index in [1.807, 2.05) is 31.2 Å². The van der Waals surface area contributed by atoms with Crippen molar-refractivity contribution < 1.29 is 24.3 Å². The Balaban J connectivity index is 1.54. The number of rotatable bonds is 6. The van der Waals surface area contributed by atoms with Gasteiger partial charge in [-0.3, -0.25) is 24.1 Å². The van der Waals surface area contributed by atoms with Gasteiger partial charge in [-0.25, -0.2) is 0 Å². The largest absolute Gasteiger partial charge is 0.480 e. The van der Waals surface area contributed by atoms with Gasteiger partial charge in [0.1, 0.15) is 13.1 Å². The summed E-state index contributed by atoms with van der Waals surface area (Å²) < 4.78 is 1.57. The molecule has 2 N–H and O–H groups in total. The van der Waals surface area contributed by atoms with Crippen molar-refractivity contribution in [3.63, 3.8) is 0 Å². The number of benzene rings is 2. The van der Waals surface area contributed by atoms with Gasteiger partial charge in [0.2, 0.25) is 5.91 Å². The molecule has 1 aromatic heterocycles. The lowest BCUT2D eigenvalue weighted by Crippen LogP contribution is -2.36. The van der Waals surface area contributed by atoms with E-state index in [4.69, 9.17) is 5.11 Å². The average Bonchev–Trinajstić information content (AvgIpc) is 3.22. The molecule has 32 heavy (non-hydrogen) atoms. The number of nitrogens with one attached hydrogen (secondary N) is 1. The molecule has 2 aromatic carbocycles. The van der Waals surface area contributed by atoms with Crippen molar-refractivity contribution in [2.45, 2.75) is 13.5 Å². The van der Waals surface area contributed by atoms with Crippen LogP contribution in [-0.4, -0.2) is 44.1 Å². The van der Waals surface area contributed by atoms with Crippen LogP contribution < -0.4 is 5.32 Å². The summed E-state index contributed by atoms with van der Waals surface area (Å²) in [7, 11) is 0. The predicted octanol–water partition coefficient (Wildman–Crippen LogP) is 3.71. The van der Waals surface area contributed by atoms with Crippen molar-refractivity contribution in [1.29, 1.82) is 0 Å². The number of hydrogen-bond acceptors (Lipinski definition) is 5. The fourth-order valence-electron chi connectivity index (χ4n) is 3.43. The zero-order chi connectivity index (χ0) is 22.8. The molecule has 0 unspecified atom stereocenters. The number of carboxylic acid groups (broad SMARTS) is 1. The summed E-state index contributed by atoms with van der Waals surface area (Å²) in [6.07, 6.45) is 3.19. The topological polar surface area (TPSA) is 109 Å². The Bertz CT molecular complexity index is 1280. The summed E-state index contributed by atoms with van der Waals surface area (Å²) in [5.41, 5.74) is 2.95. The molecule has 8 nitrogen and oxygen atoms in total. The van der Waals surface area contributed by atoms with Crippen molar-refractivity contribution in [3.05, 3.63) is 70.8 Å². The number of aryl methyl sites for hydroxylation is 1. The van der Waals surface area contributed by atoms with E-state index in [0.717, 1.165) is 27.6 Å². The minimum absolute atomic E-state index is 0.177. The Morgan fingerprint density at radius 1 is 1.06 bits per heavy atom. The highest BCUT2D eigenvalue weighted by atomic mass is 32.2. The zero-order valence-corrected chi connectivity index (χ0v) is 17.9. The number of carbonyl (C=O) groups is 4. The average molecular weight is 449 g/mol. The molecule has 0 bridgehead atoms. The molecule has 1 saturated heterocycles. The third-order valence-electron chi connectivity index (χ3n) is 4.92. The molecule has 0 spiro atoms. The summed E-state index contributed by atoms with van der Waals surface area (Å²) >= 11 is 0.752. The Morgan fingerprint density at radius 2 is 1.78 bits per heavy atom.